The summed E-state index contributed by atoms with van der Waals surface area (Å²) in [6.07, 6.45) is 1.22. The fourth-order valence-corrected chi connectivity index (χ4v) is 3.20. The molecule has 3 nitrogen and oxygen atoms in total. The van der Waals surface area contributed by atoms with Gasteiger partial charge in [-0.15, -0.1) is 11.3 Å². The van der Waals surface area contributed by atoms with Crippen molar-refractivity contribution in [3.05, 3.63) is 16.1 Å². The van der Waals surface area contributed by atoms with E-state index in [1.807, 2.05) is 0 Å². The standard InChI is InChI=1S/C14H27N3S/c1-10(2)6-11(3)14(7-15)17(5)8-13-9-18-12(4)16-13/h9-11,14H,6-8,15H2,1-5H3. The highest BCUT2D eigenvalue weighted by Gasteiger charge is 2.21. The van der Waals surface area contributed by atoms with E-state index in [0.717, 1.165) is 23.2 Å². The van der Waals surface area contributed by atoms with E-state index in [2.05, 4.69) is 50.0 Å². The summed E-state index contributed by atoms with van der Waals surface area (Å²) in [7, 11) is 2.16. The summed E-state index contributed by atoms with van der Waals surface area (Å²) in [5.41, 5.74) is 7.11. The van der Waals surface area contributed by atoms with Gasteiger partial charge in [0.05, 0.1) is 10.7 Å². The van der Waals surface area contributed by atoms with E-state index < -0.39 is 0 Å². The number of nitrogens with zero attached hydrogens (tertiary/aromatic N) is 2. The Hall–Kier alpha value is -0.450. The lowest BCUT2D eigenvalue weighted by Crippen LogP contribution is -2.42. The summed E-state index contributed by atoms with van der Waals surface area (Å²) in [6, 6.07) is 0.439. The van der Waals surface area contributed by atoms with Crippen LogP contribution in [0, 0.1) is 18.8 Å². The van der Waals surface area contributed by atoms with Crippen molar-refractivity contribution in [2.45, 2.75) is 46.7 Å². The van der Waals surface area contributed by atoms with Crippen molar-refractivity contribution in [3.63, 3.8) is 0 Å². The highest BCUT2D eigenvalue weighted by atomic mass is 32.1. The first kappa shape index (κ1) is 15.6. The van der Waals surface area contributed by atoms with Gasteiger partial charge in [-0.05, 0) is 32.2 Å². The van der Waals surface area contributed by atoms with Crippen molar-refractivity contribution in [1.82, 2.24) is 9.88 Å². The van der Waals surface area contributed by atoms with Crippen LogP contribution in [0.4, 0.5) is 0 Å². The van der Waals surface area contributed by atoms with Crippen molar-refractivity contribution in [2.75, 3.05) is 13.6 Å². The van der Waals surface area contributed by atoms with E-state index in [4.69, 9.17) is 5.73 Å². The van der Waals surface area contributed by atoms with Crippen LogP contribution >= 0.6 is 11.3 Å². The molecular weight excluding hydrogens is 242 g/mol. The minimum absolute atomic E-state index is 0.439. The van der Waals surface area contributed by atoms with Gasteiger partial charge in [-0.2, -0.15) is 0 Å². The van der Waals surface area contributed by atoms with Crippen molar-refractivity contribution in [1.29, 1.82) is 0 Å². The number of hydrogen-bond acceptors (Lipinski definition) is 4. The maximum atomic E-state index is 5.95. The second-order valence-electron chi connectivity index (χ2n) is 5.68. The third-order valence-electron chi connectivity index (χ3n) is 3.39. The molecule has 0 radical (unpaired) electrons. The Morgan fingerprint density at radius 3 is 2.50 bits per heavy atom. The summed E-state index contributed by atoms with van der Waals surface area (Å²) >= 11 is 1.72. The van der Waals surface area contributed by atoms with Crippen LogP contribution in [0.5, 0.6) is 0 Å². The molecule has 1 aromatic rings. The molecule has 0 aliphatic heterocycles. The maximum absolute atomic E-state index is 5.95. The number of nitrogens with two attached hydrogens (primary N) is 1. The molecule has 0 spiro atoms. The molecular formula is C14H27N3S. The van der Waals surface area contributed by atoms with Crippen molar-refractivity contribution in [2.24, 2.45) is 17.6 Å². The average Bonchev–Trinajstić information content (AvgIpc) is 2.63. The predicted molar refractivity (Wildman–Crippen MR) is 79.8 cm³/mol. The molecule has 0 bridgehead atoms. The van der Waals surface area contributed by atoms with Gasteiger partial charge in [-0.1, -0.05) is 20.8 Å². The smallest absolute Gasteiger partial charge is 0.0897 e. The van der Waals surface area contributed by atoms with Gasteiger partial charge >= 0.3 is 0 Å². The van der Waals surface area contributed by atoms with Gasteiger partial charge in [-0.25, -0.2) is 4.98 Å². The van der Waals surface area contributed by atoms with Crippen LogP contribution in [-0.4, -0.2) is 29.5 Å². The molecule has 104 valence electrons. The molecule has 1 rings (SSSR count). The minimum Gasteiger partial charge on any atom is -0.329 e. The molecule has 0 saturated heterocycles. The number of aromatic nitrogens is 1. The number of aryl methyl sites for hydroxylation is 1. The molecule has 0 aliphatic carbocycles. The normalized spacial score (nSPS) is 15.3. The van der Waals surface area contributed by atoms with Crippen LogP contribution < -0.4 is 5.73 Å². The molecule has 2 N–H and O–H groups in total. The van der Waals surface area contributed by atoms with Crippen LogP contribution in [-0.2, 0) is 6.54 Å². The fraction of sp³-hybridized carbons (Fsp3) is 0.786. The first-order valence-electron chi connectivity index (χ1n) is 6.75. The summed E-state index contributed by atoms with van der Waals surface area (Å²) in [5.74, 6) is 1.35. The number of rotatable bonds is 7. The highest BCUT2D eigenvalue weighted by Crippen LogP contribution is 2.20. The van der Waals surface area contributed by atoms with Gasteiger partial charge in [0.25, 0.3) is 0 Å². The van der Waals surface area contributed by atoms with Gasteiger partial charge in [0.1, 0.15) is 0 Å². The van der Waals surface area contributed by atoms with E-state index in [-0.39, 0.29) is 0 Å². The Balaban J connectivity index is 2.58. The molecule has 0 aliphatic rings. The average molecular weight is 269 g/mol. The molecule has 0 saturated carbocycles. The molecule has 2 unspecified atom stereocenters. The van der Waals surface area contributed by atoms with E-state index in [1.165, 1.54) is 6.42 Å². The molecule has 1 heterocycles. The lowest BCUT2D eigenvalue weighted by Gasteiger charge is -2.32. The molecule has 1 aromatic heterocycles. The second-order valence-corrected chi connectivity index (χ2v) is 6.75. The van der Waals surface area contributed by atoms with Crippen molar-refractivity contribution in [3.8, 4) is 0 Å². The third kappa shape index (κ3) is 4.67. The largest absolute Gasteiger partial charge is 0.329 e. The summed E-state index contributed by atoms with van der Waals surface area (Å²) in [4.78, 5) is 6.87. The van der Waals surface area contributed by atoms with E-state index >= 15 is 0 Å². The van der Waals surface area contributed by atoms with Gasteiger partial charge < -0.3 is 5.73 Å². The molecule has 0 amide bonds. The lowest BCUT2D eigenvalue weighted by molar-refractivity contribution is 0.164. The number of likely N-dealkylation sites (N-methyl/N-ethyl adjacent to an activating group) is 1. The molecule has 2 atom stereocenters. The fourth-order valence-electron chi connectivity index (χ4n) is 2.60. The maximum Gasteiger partial charge on any atom is 0.0897 e. The van der Waals surface area contributed by atoms with Crippen LogP contribution in [0.3, 0.4) is 0 Å². The Bertz CT molecular complexity index is 349. The van der Waals surface area contributed by atoms with E-state index in [9.17, 15) is 0 Å². The minimum atomic E-state index is 0.439. The Kier molecular flexibility index (Phi) is 6.26. The SMILES string of the molecule is Cc1nc(CN(C)C(CN)C(C)CC(C)C)cs1. The van der Waals surface area contributed by atoms with Crippen LogP contribution in [0.15, 0.2) is 5.38 Å². The third-order valence-corrected chi connectivity index (χ3v) is 4.21. The Labute approximate surface area is 115 Å². The van der Waals surface area contributed by atoms with E-state index in [1.54, 1.807) is 11.3 Å². The first-order valence-corrected chi connectivity index (χ1v) is 7.63. The Morgan fingerprint density at radius 1 is 1.39 bits per heavy atom. The van der Waals surface area contributed by atoms with Gasteiger partial charge in [0.2, 0.25) is 0 Å². The monoisotopic (exact) mass is 269 g/mol. The zero-order valence-electron chi connectivity index (χ0n) is 12.3. The zero-order valence-corrected chi connectivity index (χ0v) is 13.1. The summed E-state index contributed by atoms with van der Waals surface area (Å²) < 4.78 is 0. The van der Waals surface area contributed by atoms with E-state index in [0.29, 0.717) is 18.5 Å². The predicted octanol–water partition coefficient (Wildman–Crippen LogP) is 2.89. The Morgan fingerprint density at radius 2 is 2.06 bits per heavy atom. The molecule has 0 fully saturated rings. The molecule has 0 aromatic carbocycles. The number of hydrogen-bond donors (Lipinski definition) is 1. The van der Waals surface area contributed by atoms with Gasteiger partial charge in [0, 0.05) is 24.5 Å². The molecule has 4 heteroatoms. The first-order chi connectivity index (χ1) is 8.43. The number of thiazole rings is 1. The molecule has 18 heavy (non-hydrogen) atoms. The van der Waals surface area contributed by atoms with Crippen molar-refractivity contribution >= 4 is 11.3 Å². The summed E-state index contributed by atoms with van der Waals surface area (Å²) in [6.45, 7) is 10.5. The van der Waals surface area contributed by atoms with Gasteiger partial charge in [-0.3, -0.25) is 4.90 Å². The van der Waals surface area contributed by atoms with Crippen LogP contribution in [0.25, 0.3) is 0 Å². The summed E-state index contributed by atoms with van der Waals surface area (Å²) in [5, 5.41) is 3.28. The van der Waals surface area contributed by atoms with Crippen molar-refractivity contribution < 1.29 is 0 Å². The highest BCUT2D eigenvalue weighted by molar-refractivity contribution is 7.09. The van der Waals surface area contributed by atoms with Crippen LogP contribution in [0.2, 0.25) is 0 Å². The second kappa shape index (κ2) is 7.22. The quantitative estimate of drug-likeness (QED) is 0.827. The lowest BCUT2D eigenvalue weighted by atomic mass is 9.91. The van der Waals surface area contributed by atoms with Gasteiger partial charge in [0.15, 0.2) is 0 Å². The zero-order chi connectivity index (χ0) is 13.7. The topological polar surface area (TPSA) is 42.2 Å². The van der Waals surface area contributed by atoms with Crippen LogP contribution in [0.1, 0.15) is 37.9 Å².